The minimum Gasteiger partial charge on any atom is -0.368 e. The maximum Gasteiger partial charge on any atom is 0.290 e. The number of carbonyl (C=O) groups excluding carboxylic acids is 2. The Bertz CT molecular complexity index is 842. The maximum absolute atomic E-state index is 11.6. The number of thiophene rings is 1. The minimum absolute atomic E-state index is 0.330. The molecule has 1 aliphatic carbocycles. The first-order valence-electron chi connectivity index (χ1n) is 7.57. The van der Waals surface area contributed by atoms with Gasteiger partial charge in [-0.1, -0.05) is 0 Å². The van der Waals surface area contributed by atoms with E-state index in [2.05, 4.69) is 20.6 Å². The lowest BCUT2D eigenvalue weighted by Gasteiger charge is -2.05. The third kappa shape index (κ3) is 3.49. The molecule has 0 bridgehead atoms. The molecule has 1 saturated heterocycles. The Kier molecular flexibility index (Phi) is 4.07. The van der Waals surface area contributed by atoms with Gasteiger partial charge in [0.25, 0.3) is 11.1 Å². The summed E-state index contributed by atoms with van der Waals surface area (Å²) in [6.07, 6.45) is 7.75. The van der Waals surface area contributed by atoms with Gasteiger partial charge in [-0.2, -0.15) is 0 Å². The van der Waals surface area contributed by atoms with E-state index in [1.807, 2.05) is 11.4 Å². The fourth-order valence-electron chi connectivity index (χ4n) is 2.27. The molecule has 2 aromatic rings. The Morgan fingerprint density at radius 1 is 1.33 bits per heavy atom. The van der Waals surface area contributed by atoms with Gasteiger partial charge in [-0.05, 0) is 42.7 Å². The van der Waals surface area contributed by atoms with Crippen molar-refractivity contribution in [2.75, 3.05) is 11.9 Å². The standard InChI is InChI=1S/C16H14N4O2S2/c21-15-13(24-16(22)20-15)4-11-3-10(8-23-11)12-6-17-7-14(19-12)18-5-9-1-2-9/h3-4,6-9H,1-2,5H2,(H,18,19)(H,20,21,22). The average Bonchev–Trinajstić information content (AvgIpc) is 3.20. The predicted molar refractivity (Wildman–Crippen MR) is 95.7 cm³/mol. The molecule has 24 heavy (non-hydrogen) atoms. The molecule has 0 unspecified atom stereocenters. The second-order valence-electron chi connectivity index (χ2n) is 5.70. The van der Waals surface area contributed by atoms with Crippen LogP contribution < -0.4 is 10.6 Å². The number of carbonyl (C=O) groups is 2. The summed E-state index contributed by atoms with van der Waals surface area (Å²) >= 11 is 2.42. The summed E-state index contributed by atoms with van der Waals surface area (Å²) in [4.78, 5) is 32.9. The smallest absolute Gasteiger partial charge is 0.290 e. The lowest BCUT2D eigenvalue weighted by atomic mass is 10.2. The molecule has 2 fully saturated rings. The lowest BCUT2D eigenvalue weighted by molar-refractivity contribution is -0.115. The molecular formula is C16H14N4O2S2. The van der Waals surface area contributed by atoms with E-state index in [0.717, 1.165) is 46.2 Å². The summed E-state index contributed by atoms with van der Waals surface area (Å²) < 4.78 is 0. The van der Waals surface area contributed by atoms with Gasteiger partial charge in [0, 0.05) is 22.4 Å². The largest absolute Gasteiger partial charge is 0.368 e. The molecule has 8 heteroatoms. The number of rotatable bonds is 5. The first-order chi connectivity index (χ1) is 11.7. The molecule has 2 amide bonds. The van der Waals surface area contributed by atoms with Gasteiger partial charge in [-0.3, -0.25) is 19.9 Å². The van der Waals surface area contributed by atoms with Crippen molar-refractivity contribution in [3.8, 4) is 11.3 Å². The summed E-state index contributed by atoms with van der Waals surface area (Å²) in [6.45, 7) is 0.944. The van der Waals surface area contributed by atoms with Crippen molar-refractivity contribution >= 4 is 46.1 Å². The monoisotopic (exact) mass is 358 g/mol. The van der Waals surface area contributed by atoms with Gasteiger partial charge in [0.1, 0.15) is 5.82 Å². The molecule has 6 nitrogen and oxygen atoms in total. The highest BCUT2D eigenvalue weighted by Gasteiger charge is 2.25. The molecule has 0 spiro atoms. The zero-order valence-electron chi connectivity index (χ0n) is 12.6. The van der Waals surface area contributed by atoms with Crippen LogP contribution in [-0.4, -0.2) is 27.7 Å². The van der Waals surface area contributed by atoms with E-state index in [9.17, 15) is 9.59 Å². The topological polar surface area (TPSA) is 84.0 Å². The zero-order valence-corrected chi connectivity index (χ0v) is 14.2. The van der Waals surface area contributed by atoms with E-state index in [4.69, 9.17) is 0 Å². The molecule has 2 aromatic heterocycles. The predicted octanol–water partition coefficient (Wildman–Crippen LogP) is 3.35. The number of imide groups is 1. The van der Waals surface area contributed by atoms with Crippen molar-refractivity contribution in [2.45, 2.75) is 12.8 Å². The summed E-state index contributed by atoms with van der Waals surface area (Å²) in [7, 11) is 0. The quantitative estimate of drug-likeness (QED) is 0.798. The van der Waals surface area contributed by atoms with E-state index >= 15 is 0 Å². The van der Waals surface area contributed by atoms with E-state index in [1.54, 1.807) is 18.5 Å². The van der Waals surface area contributed by atoms with Crippen LogP contribution in [-0.2, 0) is 4.79 Å². The highest BCUT2D eigenvalue weighted by molar-refractivity contribution is 8.18. The normalized spacial score (nSPS) is 18.9. The Morgan fingerprint density at radius 3 is 2.96 bits per heavy atom. The molecule has 4 rings (SSSR count). The fourth-order valence-corrected chi connectivity index (χ4v) is 3.85. The molecule has 3 heterocycles. The van der Waals surface area contributed by atoms with Crippen molar-refractivity contribution in [3.05, 3.63) is 33.6 Å². The summed E-state index contributed by atoms with van der Waals surface area (Å²) in [5.74, 6) is 1.21. The van der Waals surface area contributed by atoms with Crippen LogP contribution in [0.25, 0.3) is 17.3 Å². The van der Waals surface area contributed by atoms with Crippen molar-refractivity contribution in [2.24, 2.45) is 5.92 Å². The third-order valence-corrected chi connectivity index (χ3v) is 5.42. The Morgan fingerprint density at radius 2 is 2.21 bits per heavy atom. The maximum atomic E-state index is 11.6. The zero-order chi connectivity index (χ0) is 16.5. The molecule has 1 aliphatic heterocycles. The van der Waals surface area contributed by atoms with Gasteiger partial charge in [-0.25, -0.2) is 4.98 Å². The molecule has 122 valence electrons. The fraction of sp³-hybridized carbons (Fsp3) is 0.250. The Hall–Kier alpha value is -2.19. The number of hydrogen-bond donors (Lipinski definition) is 2. The van der Waals surface area contributed by atoms with Crippen LogP contribution in [0, 0.1) is 5.92 Å². The van der Waals surface area contributed by atoms with Crippen molar-refractivity contribution in [1.29, 1.82) is 0 Å². The van der Waals surface area contributed by atoms with Crippen molar-refractivity contribution in [1.82, 2.24) is 15.3 Å². The number of hydrogen-bond acceptors (Lipinski definition) is 7. The Labute approximate surface area is 146 Å². The van der Waals surface area contributed by atoms with Crippen LogP contribution in [0.5, 0.6) is 0 Å². The second kappa shape index (κ2) is 6.37. The molecule has 2 N–H and O–H groups in total. The highest BCUT2D eigenvalue weighted by Crippen LogP contribution is 2.31. The number of anilines is 1. The third-order valence-electron chi connectivity index (χ3n) is 3.73. The number of thioether (sulfide) groups is 1. The van der Waals surface area contributed by atoms with E-state index in [0.29, 0.717) is 4.91 Å². The van der Waals surface area contributed by atoms with Gasteiger partial charge in [0.05, 0.1) is 23.0 Å². The SMILES string of the molecule is O=C1NC(=O)C(=Cc2cc(-c3cncc(NCC4CC4)n3)cs2)S1. The molecule has 1 saturated carbocycles. The Balaban J connectivity index is 1.52. The molecule has 0 aromatic carbocycles. The van der Waals surface area contributed by atoms with E-state index in [-0.39, 0.29) is 11.1 Å². The molecule has 0 atom stereocenters. The second-order valence-corrected chi connectivity index (χ2v) is 7.66. The molecule has 0 radical (unpaired) electrons. The van der Waals surface area contributed by atoms with Crippen LogP contribution in [0.15, 0.2) is 28.7 Å². The minimum atomic E-state index is -0.342. The van der Waals surface area contributed by atoms with Gasteiger partial charge >= 0.3 is 0 Å². The van der Waals surface area contributed by atoms with E-state index < -0.39 is 0 Å². The van der Waals surface area contributed by atoms with Crippen molar-refractivity contribution < 1.29 is 9.59 Å². The van der Waals surface area contributed by atoms with Gasteiger partial charge in [-0.15, -0.1) is 11.3 Å². The summed E-state index contributed by atoms with van der Waals surface area (Å²) in [6, 6.07) is 1.95. The van der Waals surface area contributed by atoms with Crippen LogP contribution in [0.4, 0.5) is 10.6 Å². The first-order valence-corrected chi connectivity index (χ1v) is 9.27. The number of amides is 2. The molecule has 2 aliphatic rings. The lowest BCUT2D eigenvalue weighted by Crippen LogP contribution is -2.17. The van der Waals surface area contributed by atoms with Crippen molar-refractivity contribution in [3.63, 3.8) is 0 Å². The van der Waals surface area contributed by atoms with Crippen LogP contribution >= 0.6 is 23.1 Å². The van der Waals surface area contributed by atoms with Crippen LogP contribution in [0.3, 0.4) is 0 Å². The summed E-state index contributed by atoms with van der Waals surface area (Å²) in [5.41, 5.74) is 1.74. The van der Waals surface area contributed by atoms with Crippen LogP contribution in [0.2, 0.25) is 0 Å². The van der Waals surface area contributed by atoms with Crippen LogP contribution in [0.1, 0.15) is 17.7 Å². The first kappa shape index (κ1) is 15.3. The number of nitrogens with zero attached hydrogens (tertiary/aromatic N) is 2. The number of nitrogens with one attached hydrogen (secondary N) is 2. The number of aromatic nitrogens is 2. The highest BCUT2D eigenvalue weighted by atomic mass is 32.2. The van der Waals surface area contributed by atoms with Gasteiger partial charge in [0.2, 0.25) is 0 Å². The van der Waals surface area contributed by atoms with Gasteiger partial charge < -0.3 is 5.32 Å². The van der Waals surface area contributed by atoms with E-state index in [1.165, 1.54) is 24.2 Å². The van der Waals surface area contributed by atoms with Gasteiger partial charge in [0.15, 0.2) is 0 Å². The summed E-state index contributed by atoms with van der Waals surface area (Å²) in [5, 5.41) is 7.21. The average molecular weight is 358 g/mol. The molecular weight excluding hydrogens is 344 g/mol.